The molecule has 20 heavy (non-hydrogen) atoms. The van der Waals surface area contributed by atoms with Gasteiger partial charge in [0.1, 0.15) is 5.76 Å². The number of amides is 1. The Morgan fingerprint density at radius 2 is 2.00 bits per heavy atom. The lowest BCUT2D eigenvalue weighted by molar-refractivity contribution is 0.0679. The van der Waals surface area contributed by atoms with Crippen molar-refractivity contribution in [3.8, 4) is 0 Å². The zero-order valence-electron chi connectivity index (χ0n) is 12.0. The maximum Gasteiger partial charge on any atom is 0.276 e. The first kappa shape index (κ1) is 14.1. The van der Waals surface area contributed by atoms with Gasteiger partial charge in [-0.15, -0.1) is 0 Å². The molecule has 0 aliphatic rings. The summed E-state index contributed by atoms with van der Waals surface area (Å²) in [5, 5.41) is 3.79. The van der Waals surface area contributed by atoms with Crippen LogP contribution in [0.15, 0.2) is 34.9 Å². The standard InChI is InChI=1S/C15H19N3O2/c1-10(2)18(9-12-4-6-13(16)7-5-12)15(19)14-8-11(3)20-17-14/h4-8,10H,9,16H2,1-3H3. The first-order valence-electron chi connectivity index (χ1n) is 6.56. The quantitative estimate of drug-likeness (QED) is 0.869. The van der Waals surface area contributed by atoms with Crippen molar-refractivity contribution < 1.29 is 9.32 Å². The number of hydrogen-bond donors (Lipinski definition) is 1. The smallest absolute Gasteiger partial charge is 0.276 e. The molecule has 0 aliphatic heterocycles. The summed E-state index contributed by atoms with van der Waals surface area (Å²) in [6.45, 7) is 6.23. The molecule has 0 fully saturated rings. The Kier molecular flexibility index (Phi) is 4.08. The van der Waals surface area contributed by atoms with Gasteiger partial charge in [0.2, 0.25) is 0 Å². The van der Waals surface area contributed by atoms with E-state index in [4.69, 9.17) is 10.3 Å². The van der Waals surface area contributed by atoms with Gasteiger partial charge in [0.15, 0.2) is 5.69 Å². The number of anilines is 1. The molecule has 106 valence electrons. The van der Waals surface area contributed by atoms with Gasteiger partial charge in [-0.1, -0.05) is 17.3 Å². The minimum atomic E-state index is -0.131. The predicted octanol–water partition coefficient (Wildman–Crippen LogP) is 2.62. The fourth-order valence-electron chi connectivity index (χ4n) is 1.92. The highest BCUT2D eigenvalue weighted by molar-refractivity contribution is 5.92. The molecule has 0 bridgehead atoms. The maximum atomic E-state index is 12.4. The van der Waals surface area contributed by atoms with E-state index in [9.17, 15) is 4.79 Å². The molecule has 0 radical (unpaired) electrons. The molecule has 0 aliphatic carbocycles. The summed E-state index contributed by atoms with van der Waals surface area (Å²) >= 11 is 0. The summed E-state index contributed by atoms with van der Waals surface area (Å²) in [5.74, 6) is 0.498. The molecule has 5 heteroatoms. The highest BCUT2D eigenvalue weighted by Crippen LogP contribution is 2.14. The zero-order chi connectivity index (χ0) is 14.7. The van der Waals surface area contributed by atoms with Crippen molar-refractivity contribution in [1.82, 2.24) is 10.1 Å². The largest absolute Gasteiger partial charge is 0.399 e. The van der Waals surface area contributed by atoms with Gasteiger partial charge in [0.05, 0.1) is 0 Å². The second kappa shape index (κ2) is 5.77. The third-order valence-corrected chi connectivity index (χ3v) is 3.06. The van der Waals surface area contributed by atoms with Crippen molar-refractivity contribution in [3.63, 3.8) is 0 Å². The van der Waals surface area contributed by atoms with Gasteiger partial charge in [-0.2, -0.15) is 0 Å². The van der Waals surface area contributed by atoms with Crippen LogP contribution in [0.2, 0.25) is 0 Å². The number of carbonyl (C=O) groups is 1. The minimum Gasteiger partial charge on any atom is -0.399 e. The molecule has 0 unspecified atom stereocenters. The average molecular weight is 273 g/mol. The van der Waals surface area contributed by atoms with Crippen LogP contribution in [-0.4, -0.2) is 22.0 Å². The van der Waals surface area contributed by atoms with Gasteiger partial charge in [-0.3, -0.25) is 4.79 Å². The van der Waals surface area contributed by atoms with Crippen molar-refractivity contribution in [3.05, 3.63) is 47.3 Å². The summed E-state index contributed by atoms with van der Waals surface area (Å²) in [6.07, 6.45) is 0. The van der Waals surface area contributed by atoms with Crippen LogP contribution in [-0.2, 0) is 6.54 Å². The number of nitrogen functional groups attached to an aromatic ring is 1. The van der Waals surface area contributed by atoms with Crippen LogP contribution in [0.3, 0.4) is 0 Å². The van der Waals surface area contributed by atoms with Gasteiger partial charge < -0.3 is 15.2 Å². The molecule has 1 aromatic carbocycles. The topological polar surface area (TPSA) is 72.4 Å². The predicted molar refractivity (Wildman–Crippen MR) is 77.1 cm³/mol. The maximum absolute atomic E-state index is 12.4. The zero-order valence-corrected chi connectivity index (χ0v) is 12.0. The van der Waals surface area contributed by atoms with E-state index in [-0.39, 0.29) is 11.9 Å². The molecule has 2 aromatic rings. The Hall–Kier alpha value is -2.30. The third kappa shape index (κ3) is 3.17. The number of nitrogens with two attached hydrogens (primary N) is 1. The molecular weight excluding hydrogens is 254 g/mol. The van der Waals surface area contributed by atoms with E-state index < -0.39 is 0 Å². The molecule has 1 aromatic heterocycles. The lowest BCUT2D eigenvalue weighted by atomic mass is 10.1. The number of aryl methyl sites for hydroxylation is 1. The van der Waals surface area contributed by atoms with Crippen molar-refractivity contribution in [2.24, 2.45) is 0 Å². The Morgan fingerprint density at radius 3 is 2.50 bits per heavy atom. The van der Waals surface area contributed by atoms with Crippen LogP contribution >= 0.6 is 0 Å². The summed E-state index contributed by atoms with van der Waals surface area (Å²) in [7, 11) is 0. The summed E-state index contributed by atoms with van der Waals surface area (Å²) in [6, 6.07) is 9.23. The molecule has 0 saturated carbocycles. The fraction of sp³-hybridized carbons (Fsp3) is 0.333. The molecule has 1 amide bonds. The van der Waals surface area contributed by atoms with Crippen LogP contribution in [0, 0.1) is 6.92 Å². The molecule has 0 atom stereocenters. The fourth-order valence-corrected chi connectivity index (χ4v) is 1.92. The Labute approximate surface area is 118 Å². The second-order valence-electron chi connectivity index (χ2n) is 5.09. The van der Waals surface area contributed by atoms with Gasteiger partial charge in [0.25, 0.3) is 5.91 Å². The van der Waals surface area contributed by atoms with E-state index in [0.717, 1.165) is 5.56 Å². The number of hydrogen-bond acceptors (Lipinski definition) is 4. The number of benzene rings is 1. The van der Waals surface area contributed by atoms with Crippen LogP contribution < -0.4 is 5.73 Å². The monoisotopic (exact) mass is 273 g/mol. The van der Waals surface area contributed by atoms with Crippen LogP contribution in [0.25, 0.3) is 0 Å². The lowest BCUT2D eigenvalue weighted by Crippen LogP contribution is -2.36. The molecule has 5 nitrogen and oxygen atoms in total. The van der Waals surface area contributed by atoms with Crippen molar-refractivity contribution in [1.29, 1.82) is 0 Å². The molecular formula is C15H19N3O2. The summed E-state index contributed by atoms with van der Waals surface area (Å²) in [4.78, 5) is 14.2. The van der Waals surface area contributed by atoms with Crippen molar-refractivity contribution in [2.45, 2.75) is 33.4 Å². The Morgan fingerprint density at radius 1 is 1.35 bits per heavy atom. The molecule has 2 N–H and O–H groups in total. The second-order valence-corrected chi connectivity index (χ2v) is 5.09. The highest BCUT2D eigenvalue weighted by Gasteiger charge is 2.21. The lowest BCUT2D eigenvalue weighted by Gasteiger charge is -2.26. The van der Waals surface area contributed by atoms with Crippen molar-refractivity contribution in [2.75, 3.05) is 5.73 Å². The van der Waals surface area contributed by atoms with Crippen LogP contribution in [0.4, 0.5) is 5.69 Å². The van der Waals surface area contributed by atoms with Gasteiger partial charge >= 0.3 is 0 Å². The van der Waals surface area contributed by atoms with Gasteiger partial charge in [-0.25, -0.2) is 0 Å². The van der Waals surface area contributed by atoms with Crippen LogP contribution in [0.1, 0.15) is 35.7 Å². The van der Waals surface area contributed by atoms with E-state index in [1.165, 1.54) is 0 Å². The summed E-state index contributed by atoms with van der Waals surface area (Å²) < 4.78 is 4.97. The Balaban J connectivity index is 2.19. The number of aromatic nitrogens is 1. The first-order valence-corrected chi connectivity index (χ1v) is 6.56. The highest BCUT2D eigenvalue weighted by atomic mass is 16.5. The van der Waals surface area contributed by atoms with Gasteiger partial charge in [0, 0.05) is 24.3 Å². The van der Waals surface area contributed by atoms with E-state index in [1.807, 2.05) is 38.1 Å². The SMILES string of the molecule is Cc1cc(C(=O)N(Cc2ccc(N)cc2)C(C)C)no1. The molecule has 0 spiro atoms. The number of carbonyl (C=O) groups excluding carboxylic acids is 1. The first-order chi connectivity index (χ1) is 9.47. The molecule has 0 saturated heterocycles. The summed E-state index contributed by atoms with van der Waals surface area (Å²) in [5.41, 5.74) is 7.75. The van der Waals surface area contributed by atoms with Crippen molar-refractivity contribution >= 4 is 11.6 Å². The van der Waals surface area contributed by atoms with Crippen LogP contribution in [0.5, 0.6) is 0 Å². The minimum absolute atomic E-state index is 0.0667. The molecule has 2 rings (SSSR count). The third-order valence-electron chi connectivity index (χ3n) is 3.06. The van der Waals surface area contributed by atoms with Gasteiger partial charge in [-0.05, 0) is 38.5 Å². The van der Waals surface area contributed by atoms with E-state index in [1.54, 1.807) is 17.9 Å². The Bertz CT molecular complexity index is 587. The molecule has 1 heterocycles. The van der Waals surface area contributed by atoms with E-state index in [2.05, 4.69) is 5.16 Å². The van der Waals surface area contributed by atoms with E-state index >= 15 is 0 Å². The average Bonchev–Trinajstić information content (AvgIpc) is 2.83. The van der Waals surface area contributed by atoms with E-state index in [0.29, 0.717) is 23.7 Å². The normalized spacial score (nSPS) is 10.8. The number of nitrogens with zero attached hydrogens (tertiary/aromatic N) is 2. The number of rotatable bonds is 4.